The average molecular weight is 318 g/mol. The molecule has 0 aromatic heterocycles. The molecule has 0 saturated carbocycles. The van der Waals surface area contributed by atoms with Gasteiger partial charge in [-0.05, 0) is 55.8 Å². The van der Waals surface area contributed by atoms with Crippen LogP contribution in [0.15, 0.2) is 24.3 Å². The second kappa shape index (κ2) is 8.92. The highest BCUT2D eigenvalue weighted by molar-refractivity contribution is 5.94. The van der Waals surface area contributed by atoms with E-state index in [2.05, 4.69) is 24.1 Å². The van der Waals surface area contributed by atoms with Gasteiger partial charge < -0.3 is 15.0 Å². The van der Waals surface area contributed by atoms with Gasteiger partial charge in [0.15, 0.2) is 0 Å². The van der Waals surface area contributed by atoms with E-state index in [-0.39, 0.29) is 5.91 Å². The van der Waals surface area contributed by atoms with Crippen LogP contribution < -0.4 is 10.1 Å². The Labute approximate surface area is 140 Å². The monoisotopic (exact) mass is 318 g/mol. The van der Waals surface area contributed by atoms with Crippen molar-refractivity contribution in [1.82, 2.24) is 10.2 Å². The number of methoxy groups -OCH3 is 1. The lowest BCUT2D eigenvalue weighted by Gasteiger charge is -2.34. The number of hydrogen-bond donors (Lipinski definition) is 1. The van der Waals surface area contributed by atoms with E-state index in [9.17, 15) is 4.79 Å². The summed E-state index contributed by atoms with van der Waals surface area (Å²) in [4.78, 5) is 14.7. The average Bonchev–Trinajstić information content (AvgIpc) is 2.53. The van der Waals surface area contributed by atoms with E-state index in [0.717, 1.165) is 37.8 Å². The van der Waals surface area contributed by atoms with Gasteiger partial charge in [-0.3, -0.25) is 4.79 Å². The molecule has 0 bridgehead atoms. The summed E-state index contributed by atoms with van der Waals surface area (Å²) in [6.45, 7) is 9.01. The molecule has 1 N–H and O–H groups in total. The number of nitrogens with one attached hydrogen (secondary N) is 1. The maximum atomic E-state index is 12.1. The van der Waals surface area contributed by atoms with Gasteiger partial charge in [-0.15, -0.1) is 0 Å². The molecule has 1 aliphatic rings. The Morgan fingerprint density at radius 1 is 1.26 bits per heavy atom. The zero-order valence-electron chi connectivity index (χ0n) is 14.7. The second-order valence-electron chi connectivity index (χ2n) is 6.90. The summed E-state index contributed by atoms with van der Waals surface area (Å²) in [7, 11) is 1.61. The van der Waals surface area contributed by atoms with Crippen LogP contribution in [0.25, 0.3) is 0 Å². The summed E-state index contributed by atoms with van der Waals surface area (Å²) >= 11 is 0. The summed E-state index contributed by atoms with van der Waals surface area (Å²) in [5, 5.41) is 2.99. The number of carbonyl (C=O) groups excluding carboxylic acids is 1. The summed E-state index contributed by atoms with van der Waals surface area (Å²) in [6, 6.07) is 7.27. The van der Waals surface area contributed by atoms with Crippen molar-refractivity contribution >= 4 is 5.91 Å². The zero-order valence-corrected chi connectivity index (χ0v) is 14.7. The summed E-state index contributed by atoms with van der Waals surface area (Å²) in [5.41, 5.74) is 0.656. The minimum absolute atomic E-state index is 0.0240. The van der Waals surface area contributed by atoms with Crippen LogP contribution in [0.3, 0.4) is 0 Å². The Hall–Kier alpha value is -1.55. The molecule has 128 valence electrons. The number of nitrogens with zero attached hydrogens (tertiary/aromatic N) is 1. The molecule has 23 heavy (non-hydrogen) atoms. The number of unbranched alkanes of at least 4 members (excludes halogenated alkanes) is 1. The van der Waals surface area contributed by atoms with E-state index >= 15 is 0 Å². The minimum Gasteiger partial charge on any atom is -0.497 e. The van der Waals surface area contributed by atoms with Crippen LogP contribution in [0.1, 0.15) is 43.5 Å². The molecule has 1 heterocycles. The van der Waals surface area contributed by atoms with Crippen LogP contribution in [0.5, 0.6) is 5.75 Å². The number of ether oxygens (including phenoxy) is 1. The Bertz CT molecular complexity index is 494. The van der Waals surface area contributed by atoms with Gasteiger partial charge in [-0.25, -0.2) is 0 Å². The van der Waals surface area contributed by atoms with Crippen LogP contribution in [0, 0.1) is 11.8 Å². The largest absolute Gasteiger partial charge is 0.497 e. The normalized spacial score (nSPS) is 21.9. The maximum Gasteiger partial charge on any atom is 0.251 e. The fraction of sp³-hybridized carbons (Fsp3) is 0.632. The van der Waals surface area contributed by atoms with Gasteiger partial charge in [0, 0.05) is 25.2 Å². The van der Waals surface area contributed by atoms with Gasteiger partial charge in [-0.1, -0.05) is 19.9 Å². The molecule has 1 aliphatic heterocycles. The molecular weight excluding hydrogens is 288 g/mol. The highest BCUT2D eigenvalue weighted by atomic mass is 16.5. The first-order chi connectivity index (χ1) is 11.1. The van der Waals surface area contributed by atoms with E-state index in [1.807, 2.05) is 18.2 Å². The molecule has 4 nitrogen and oxygen atoms in total. The van der Waals surface area contributed by atoms with Crippen LogP contribution in [0.4, 0.5) is 0 Å². The van der Waals surface area contributed by atoms with Crippen molar-refractivity contribution in [2.45, 2.75) is 33.1 Å². The Balaban J connectivity index is 1.64. The van der Waals surface area contributed by atoms with Gasteiger partial charge in [0.1, 0.15) is 5.75 Å². The molecule has 4 heteroatoms. The molecule has 2 rings (SSSR count). The fourth-order valence-electron chi connectivity index (χ4n) is 3.50. The first-order valence-electron chi connectivity index (χ1n) is 8.73. The standard InChI is InChI=1S/C19H30N2O2/c1-15-11-16(2)14-21(13-15)10-5-4-9-20-19(22)17-7-6-8-18(12-17)23-3/h6-8,12,15-16H,4-5,9-11,13-14H2,1-3H3,(H,20,22)/t15-,16+. The van der Waals surface area contributed by atoms with Crippen molar-refractivity contribution in [3.63, 3.8) is 0 Å². The highest BCUT2D eigenvalue weighted by Crippen LogP contribution is 2.21. The molecule has 1 aromatic carbocycles. The van der Waals surface area contributed by atoms with Gasteiger partial charge in [0.05, 0.1) is 7.11 Å². The second-order valence-corrected chi connectivity index (χ2v) is 6.90. The fourth-order valence-corrected chi connectivity index (χ4v) is 3.50. The lowest BCUT2D eigenvalue weighted by Crippen LogP contribution is -2.39. The van der Waals surface area contributed by atoms with Crippen molar-refractivity contribution < 1.29 is 9.53 Å². The van der Waals surface area contributed by atoms with Crippen molar-refractivity contribution in [1.29, 1.82) is 0 Å². The van der Waals surface area contributed by atoms with Gasteiger partial charge in [-0.2, -0.15) is 0 Å². The summed E-state index contributed by atoms with van der Waals surface area (Å²) in [6.07, 6.45) is 3.51. The van der Waals surface area contributed by atoms with Crippen LogP contribution in [-0.2, 0) is 0 Å². The molecular formula is C19H30N2O2. The minimum atomic E-state index is -0.0240. The Morgan fingerprint density at radius 2 is 2.00 bits per heavy atom. The first-order valence-corrected chi connectivity index (χ1v) is 8.73. The SMILES string of the molecule is COc1cccc(C(=O)NCCCCN2C[C@H](C)C[C@H](C)C2)c1. The predicted molar refractivity (Wildman–Crippen MR) is 93.9 cm³/mol. The van der Waals surface area contributed by atoms with Crippen molar-refractivity contribution in [3.05, 3.63) is 29.8 Å². The number of benzene rings is 1. The number of likely N-dealkylation sites (tertiary alicyclic amines) is 1. The summed E-state index contributed by atoms with van der Waals surface area (Å²) in [5.74, 6) is 2.31. The number of carbonyl (C=O) groups is 1. The van der Waals surface area contributed by atoms with Gasteiger partial charge in [0.25, 0.3) is 5.91 Å². The Kier molecular flexibility index (Phi) is 6.90. The molecule has 1 fully saturated rings. The molecule has 1 amide bonds. The van der Waals surface area contributed by atoms with Crippen LogP contribution >= 0.6 is 0 Å². The number of hydrogen-bond acceptors (Lipinski definition) is 3. The topological polar surface area (TPSA) is 41.6 Å². The molecule has 0 spiro atoms. The molecule has 1 aromatic rings. The van der Waals surface area contributed by atoms with E-state index in [1.54, 1.807) is 13.2 Å². The van der Waals surface area contributed by atoms with E-state index in [1.165, 1.54) is 19.5 Å². The molecule has 0 radical (unpaired) electrons. The molecule has 2 atom stereocenters. The first kappa shape index (κ1) is 17.8. The molecule has 0 aliphatic carbocycles. The van der Waals surface area contributed by atoms with E-state index in [4.69, 9.17) is 4.74 Å². The number of rotatable bonds is 7. The van der Waals surface area contributed by atoms with Crippen LogP contribution in [0.2, 0.25) is 0 Å². The molecule has 0 unspecified atom stereocenters. The van der Waals surface area contributed by atoms with Crippen molar-refractivity contribution in [3.8, 4) is 5.75 Å². The number of piperidine rings is 1. The number of amides is 1. The van der Waals surface area contributed by atoms with Crippen molar-refractivity contribution in [2.75, 3.05) is 33.3 Å². The van der Waals surface area contributed by atoms with Gasteiger partial charge in [0.2, 0.25) is 0 Å². The Morgan fingerprint density at radius 3 is 2.70 bits per heavy atom. The predicted octanol–water partition coefficient (Wildman–Crippen LogP) is 3.18. The third-order valence-electron chi connectivity index (χ3n) is 4.46. The lowest BCUT2D eigenvalue weighted by molar-refractivity contribution is 0.0951. The molecule has 1 saturated heterocycles. The highest BCUT2D eigenvalue weighted by Gasteiger charge is 2.20. The lowest BCUT2D eigenvalue weighted by atomic mass is 9.92. The zero-order chi connectivity index (χ0) is 16.7. The third-order valence-corrected chi connectivity index (χ3v) is 4.46. The van der Waals surface area contributed by atoms with E-state index < -0.39 is 0 Å². The summed E-state index contributed by atoms with van der Waals surface area (Å²) < 4.78 is 5.15. The third kappa shape index (κ3) is 5.87. The van der Waals surface area contributed by atoms with E-state index in [0.29, 0.717) is 11.3 Å². The smallest absolute Gasteiger partial charge is 0.251 e. The van der Waals surface area contributed by atoms with Crippen LogP contribution in [-0.4, -0.2) is 44.1 Å². The quantitative estimate of drug-likeness (QED) is 0.785. The van der Waals surface area contributed by atoms with Gasteiger partial charge >= 0.3 is 0 Å². The van der Waals surface area contributed by atoms with Crippen molar-refractivity contribution in [2.24, 2.45) is 11.8 Å². The maximum absolute atomic E-state index is 12.1.